The van der Waals surface area contributed by atoms with Crippen LogP contribution in [0.1, 0.15) is 29.2 Å². The third kappa shape index (κ3) is 2.58. The van der Waals surface area contributed by atoms with Crippen LogP contribution >= 0.6 is 11.3 Å². The van der Waals surface area contributed by atoms with Gasteiger partial charge in [-0.25, -0.2) is 0 Å². The Hall–Kier alpha value is -1.38. The molecule has 1 fully saturated rings. The Morgan fingerprint density at radius 2 is 2.20 bits per heavy atom. The summed E-state index contributed by atoms with van der Waals surface area (Å²) in [6, 6.07) is 4.31. The molecule has 0 bridgehead atoms. The minimum atomic E-state index is 0.0764. The number of carbonyl (C=O) groups excluding carboxylic acids is 1. The Labute approximate surface area is 123 Å². The molecule has 1 aromatic rings. The van der Waals surface area contributed by atoms with E-state index >= 15 is 0 Å². The molecular weight excluding hydrogens is 270 g/mol. The summed E-state index contributed by atoms with van der Waals surface area (Å²) in [6.07, 6.45) is 3.24. The standard InChI is InChI=1S/C15H19N3OS/c16-5-6-17-7-9-18(10-8-17)15(19)13-2-1-3-14-12(13)4-11-20-14/h4,11,13H,1-3,6-10H2. The molecule has 0 N–H and O–H groups in total. The highest BCUT2D eigenvalue weighted by Crippen LogP contribution is 2.36. The van der Waals surface area contributed by atoms with Gasteiger partial charge in [-0.05, 0) is 36.3 Å². The number of piperazine rings is 1. The van der Waals surface area contributed by atoms with Crippen LogP contribution in [0.4, 0.5) is 0 Å². The summed E-state index contributed by atoms with van der Waals surface area (Å²) in [5.41, 5.74) is 1.27. The van der Waals surface area contributed by atoms with Gasteiger partial charge in [0.15, 0.2) is 0 Å². The highest BCUT2D eigenvalue weighted by molar-refractivity contribution is 7.10. The molecule has 0 aromatic carbocycles. The molecule has 106 valence electrons. The molecule has 4 nitrogen and oxygen atoms in total. The van der Waals surface area contributed by atoms with E-state index in [1.807, 2.05) is 4.90 Å². The Morgan fingerprint density at radius 1 is 1.40 bits per heavy atom. The predicted molar refractivity (Wildman–Crippen MR) is 78.6 cm³/mol. The number of amides is 1. The van der Waals surface area contributed by atoms with Crippen LogP contribution in [0.2, 0.25) is 0 Å². The van der Waals surface area contributed by atoms with Gasteiger partial charge in [0.2, 0.25) is 5.91 Å². The summed E-state index contributed by atoms with van der Waals surface area (Å²) >= 11 is 1.79. The quantitative estimate of drug-likeness (QED) is 0.781. The normalized spacial score (nSPS) is 23.1. The monoisotopic (exact) mass is 289 g/mol. The lowest BCUT2D eigenvalue weighted by Gasteiger charge is -2.36. The number of nitrogens with zero attached hydrogens (tertiary/aromatic N) is 3. The number of fused-ring (bicyclic) bond motifs is 1. The summed E-state index contributed by atoms with van der Waals surface area (Å²) in [6.45, 7) is 3.64. The van der Waals surface area contributed by atoms with Gasteiger partial charge in [-0.15, -0.1) is 11.3 Å². The molecule has 1 amide bonds. The van der Waals surface area contributed by atoms with Crippen molar-refractivity contribution < 1.29 is 4.79 Å². The van der Waals surface area contributed by atoms with Crippen LogP contribution in [0.25, 0.3) is 0 Å². The SMILES string of the molecule is N#CCN1CCN(C(=O)C2CCCc3sccc32)CC1. The molecule has 2 heterocycles. The highest BCUT2D eigenvalue weighted by Gasteiger charge is 2.32. The van der Waals surface area contributed by atoms with Crippen LogP contribution in [0, 0.1) is 11.3 Å². The van der Waals surface area contributed by atoms with Crippen LogP contribution in [0.3, 0.4) is 0 Å². The summed E-state index contributed by atoms with van der Waals surface area (Å²) in [7, 11) is 0. The summed E-state index contributed by atoms with van der Waals surface area (Å²) < 4.78 is 0. The largest absolute Gasteiger partial charge is 0.340 e. The molecule has 1 atom stereocenters. The van der Waals surface area contributed by atoms with Gasteiger partial charge < -0.3 is 4.90 Å². The van der Waals surface area contributed by atoms with Crippen molar-refractivity contribution in [2.75, 3.05) is 32.7 Å². The molecule has 20 heavy (non-hydrogen) atoms. The average molecular weight is 289 g/mol. The summed E-state index contributed by atoms with van der Waals surface area (Å²) in [4.78, 5) is 18.2. The van der Waals surface area contributed by atoms with E-state index in [1.165, 1.54) is 10.4 Å². The maximum Gasteiger partial charge on any atom is 0.230 e. The van der Waals surface area contributed by atoms with Gasteiger partial charge in [0.1, 0.15) is 0 Å². The maximum absolute atomic E-state index is 12.7. The molecule has 3 rings (SSSR count). The molecule has 0 spiro atoms. The molecule has 1 unspecified atom stereocenters. The zero-order chi connectivity index (χ0) is 13.9. The summed E-state index contributed by atoms with van der Waals surface area (Å²) in [5.74, 6) is 0.369. The van der Waals surface area contributed by atoms with Crippen molar-refractivity contribution in [3.05, 3.63) is 21.9 Å². The smallest absolute Gasteiger partial charge is 0.230 e. The Balaban J connectivity index is 1.65. The van der Waals surface area contributed by atoms with Crippen molar-refractivity contribution in [1.82, 2.24) is 9.80 Å². The lowest BCUT2D eigenvalue weighted by Crippen LogP contribution is -2.50. The van der Waals surface area contributed by atoms with Gasteiger partial charge >= 0.3 is 0 Å². The van der Waals surface area contributed by atoms with E-state index < -0.39 is 0 Å². The van der Waals surface area contributed by atoms with Gasteiger partial charge in [-0.1, -0.05) is 0 Å². The zero-order valence-corrected chi connectivity index (χ0v) is 12.4. The Kier molecular flexibility index (Phi) is 4.04. The second-order valence-electron chi connectivity index (χ2n) is 5.50. The number of aryl methyl sites for hydroxylation is 1. The van der Waals surface area contributed by atoms with Crippen molar-refractivity contribution in [3.63, 3.8) is 0 Å². The third-order valence-electron chi connectivity index (χ3n) is 4.33. The average Bonchev–Trinajstić information content (AvgIpc) is 2.96. The number of hydrogen-bond acceptors (Lipinski definition) is 4. The predicted octanol–water partition coefficient (Wildman–Crippen LogP) is 1.84. The number of nitriles is 1. The fourth-order valence-corrected chi connectivity index (χ4v) is 4.18. The fourth-order valence-electron chi connectivity index (χ4n) is 3.19. The maximum atomic E-state index is 12.7. The Morgan fingerprint density at radius 3 is 2.95 bits per heavy atom. The molecule has 1 aliphatic carbocycles. The van der Waals surface area contributed by atoms with Crippen molar-refractivity contribution >= 4 is 17.2 Å². The van der Waals surface area contributed by atoms with Gasteiger partial charge in [0.05, 0.1) is 18.5 Å². The first kappa shape index (κ1) is 13.6. The van der Waals surface area contributed by atoms with E-state index in [9.17, 15) is 4.79 Å². The van der Waals surface area contributed by atoms with E-state index in [-0.39, 0.29) is 5.92 Å². The lowest BCUT2D eigenvalue weighted by molar-refractivity contribution is -0.134. The topological polar surface area (TPSA) is 47.3 Å². The zero-order valence-electron chi connectivity index (χ0n) is 11.5. The number of hydrogen-bond donors (Lipinski definition) is 0. The fraction of sp³-hybridized carbons (Fsp3) is 0.600. The molecular formula is C15H19N3OS. The second kappa shape index (κ2) is 5.94. The van der Waals surface area contributed by atoms with Crippen LogP contribution < -0.4 is 0 Å². The van der Waals surface area contributed by atoms with Gasteiger partial charge in [-0.3, -0.25) is 9.69 Å². The molecule has 2 aliphatic rings. The summed E-state index contributed by atoms with van der Waals surface area (Å²) in [5, 5.41) is 10.8. The Bertz CT molecular complexity index is 525. The van der Waals surface area contributed by atoms with E-state index in [1.54, 1.807) is 11.3 Å². The van der Waals surface area contributed by atoms with Gasteiger partial charge in [0, 0.05) is 31.1 Å². The molecule has 1 saturated heterocycles. The third-order valence-corrected chi connectivity index (χ3v) is 5.32. The first-order valence-electron chi connectivity index (χ1n) is 7.24. The lowest BCUT2D eigenvalue weighted by atomic mass is 9.86. The second-order valence-corrected chi connectivity index (χ2v) is 6.50. The van der Waals surface area contributed by atoms with Crippen LogP contribution in [-0.4, -0.2) is 48.4 Å². The molecule has 0 saturated carbocycles. The first-order chi connectivity index (χ1) is 9.79. The van der Waals surface area contributed by atoms with Gasteiger partial charge in [0.25, 0.3) is 0 Å². The van der Waals surface area contributed by atoms with E-state index in [2.05, 4.69) is 22.4 Å². The molecule has 5 heteroatoms. The number of rotatable bonds is 2. The van der Waals surface area contributed by atoms with Crippen LogP contribution in [0.15, 0.2) is 11.4 Å². The van der Waals surface area contributed by atoms with E-state index in [0.717, 1.165) is 45.4 Å². The van der Waals surface area contributed by atoms with Crippen molar-refractivity contribution in [3.8, 4) is 6.07 Å². The van der Waals surface area contributed by atoms with Crippen molar-refractivity contribution in [1.29, 1.82) is 5.26 Å². The van der Waals surface area contributed by atoms with Crippen molar-refractivity contribution in [2.24, 2.45) is 0 Å². The van der Waals surface area contributed by atoms with E-state index in [0.29, 0.717) is 12.5 Å². The van der Waals surface area contributed by atoms with E-state index in [4.69, 9.17) is 5.26 Å². The van der Waals surface area contributed by atoms with Gasteiger partial charge in [-0.2, -0.15) is 5.26 Å². The number of thiophene rings is 1. The van der Waals surface area contributed by atoms with Crippen LogP contribution in [-0.2, 0) is 11.2 Å². The van der Waals surface area contributed by atoms with Crippen LogP contribution in [0.5, 0.6) is 0 Å². The molecule has 0 radical (unpaired) electrons. The minimum absolute atomic E-state index is 0.0764. The number of carbonyl (C=O) groups is 1. The van der Waals surface area contributed by atoms with Crippen molar-refractivity contribution in [2.45, 2.75) is 25.2 Å². The molecule has 1 aromatic heterocycles. The minimum Gasteiger partial charge on any atom is -0.340 e. The highest BCUT2D eigenvalue weighted by atomic mass is 32.1. The first-order valence-corrected chi connectivity index (χ1v) is 8.12. The molecule has 1 aliphatic heterocycles.